The Morgan fingerprint density at radius 2 is 0.889 bits per heavy atom. The second-order valence-corrected chi connectivity index (χ2v) is 16.2. The first-order chi connectivity index (χ1) is 28.8. The fourth-order valence-electron chi connectivity index (χ4n) is 8.66. The molecule has 0 radical (unpaired) electrons. The third-order valence-electron chi connectivity index (χ3n) is 11.9. The lowest BCUT2D eigenvalue weighted by Crippen LogP contribution is -3.00. The Morgan fingerprint density at radius 3 is 1.29 bits per heavy atom. The molecule has 12 heteroatoms. The standard InChI is InChI=1S/C51H58N6O2.4HI/c1-52(2)48(30-32-50-54(5)44-26-16-18-28-46(44)58-50)56-36-34-38(40-22-12-14-24-42(40)56)20-10-8-7-9-11-21-39-35-37-57(43-25-15-13-23-41(39)43)49(53(3)4)31-33-51-55(6)45-27-17-19-29-47(45)59-51;;;;/h12-19,22-39H,7-11,20-21H2,1-6H3;4*1H/q+4;;;;/p-4. The maximum absolute atomic E-state index is 6.17. The zero-order valence-corrected chi connectivity index (χ0v) is 45.6. The molecule has 2 unspecified atom stereocenters. The van der Waals surface area contributed by atoms with Gasteiger partial charge in [0.25, 0.3) is 22.7 Å². The van der Waals surface area contributed by atoms with Gasteiger partial charge < -0.3 is 105 Å². The van der Waals surface area contributed by atoms with Crippen molar-refractivity contribution in [3.8, 4) is 0 Å². The first-order valence-electron chi connectivity index (χ1n) is 21.1. The van der Waals surface area contributed by atoms with Gasteiger partial charge in [0.2, 0.25) is 11.2 Å². The molecule has 6 aromatic rings. The van der Waals surface area contributed by atoms with Crippen molar-refractivity contribution in [3.63, 3.8) is 0 Å². The van der Waals surface area contributed by atoms with Crippen molar-refractivity contribution < 1.29 is 123 Å². The Labute approximate surface area is 441 Å². The summed E-state index contributed by atoms with van der Waals surface area (Å²) in [6, 6.07) is 34.1. The zero-order chi connectivity index (χ0) is 40.9. The molecule has 0 saturated carbocycles. The largest absolute Gasteiger partial charge is 1.00 e. The van der Waals surface area contributed by atoms with Crippen molar-refractivity contribution in [1.29, 1.82) is 0 Å². The van der Waals surface area contributed by atoms with Crippen LogP contribution in [0.25, 0.3) is 34.4 Å². The Bertz CT molecular complexity index is 2480. The highest BCUT2D eigenvalue weighted by atomic mass is 127. The summed E-state index contributed by atoms with van der Waals surface area (Å²) in [6.07, 6.45) is 26.3. The van der Waals surface area contributed by atoms with Crippen LogP contribution in [-0.4, -0.2) is 49.0 Å². The van der Waals surface area contributed by atoms with Crippen LogP contribution in [0, 0.1) is 0 Å². The van der Waals surface area contributed by atoms with E-state index in [-0.39, 0.29) is 95.9 Å². The number of oxazole rings is 2. The number of unbranched alkanes of at least 4 members (excludes halogenated alkanes) is 4. The van der Waals surface area contributed by atoms with Crippen molar-refractivity contribution in [2.75, 3.05) is 38.0 Å². The van der Waals surface area contributed by atoms with Crippen molar-refractivity contribution in [2.24, 2.45) is 14.1 Å². The highest BCUT2D eigenvalue weighted by molar-refractivity contribution is 6.07. The van der Waals surface area contributed by atoms with E-state index < -0.39 is 0 Å². The van der Waals surface area contributed by atoms with Gasteiger partial charge in [0.05, 0.1) is 52.7 Å². The number of amidine groups is 2. The summed E-state index contributed by atoms with van der Waals surface area (Å²) < 4.78 is 20.9. The minimum atomic E-state index is 0. The molecule has 4 aromatic carbocycles. The molecule has 0 amide bonds. The molecule has 0 saturated heterocycles. The number of nitrogens with zero attached hydrogens (tertiary/aromatic N) is 6. The van der Waals surface area contributed by atoms with Gasteiger partial charge in [0.15, 0.2) is 0 Å². The summed E-state index contributed by atoms with van der Waals surface area (Å²) in [5, 5.41) is 0. The number of hydrogen-bond acceptors (Lipinski definition) is 2. The van der Waals surface area contributed by atoms with Crippen LogP contribution in [0.3, 0.4) is 0 Å². The number of para-hydroxylation sites is 6. The molecule has 2 aliphatic rings. The van der Waals surface area contributed by atoms with E-state index in [2.05, 4.69) is 166 Å². The molecular weight excluding hydrogens is 1240 g/mol. The number of aryl methyl sites for hydroxylation is 2. The van der Waals surface area contributed by atoms with Crippen molar-refractivity contribution in [2.45, 2.75) is 56.8 Å². The van der Waals surface area contributed by atoms with Gasteiger partial charge in [-0.05, 0) is 49.3 Å². The smallest absolute Gasteiger partial charge is 0.374 e. The number of hydrogen-bond donors (Lipinski definition) is 0. The average Bonchev–Trinajstić information content (AvgIpc) is 3.75. The highest BCUT2D eigenvalue weighted by Gasteiger charge is 2.31. The summed E-state index contributed by atoms with van der Waals surface area (Å²) in [5.74, 6) is 4.62. The van der Waals surface area contributed by atoms with Crippen molar-refractivity contribution >= 4 is 57.4 Å². The van der Waals surface area contributed by atoms with Crippen molar-refractivity contribution in [1.82, 2.24) is 0 Å². The Kier molecular flexibility index (Phi) is 20.1. The number of anilines is 2. The first kappa shape index (κ1) is 52.3. The first-order valence-corrected chi connectivity index (χ1v) is 21.1. The molecule has 0 fully saturated rings. The van der Waals surface area contributed by atoms with Crippen LogP contribution in [0.15, 0.2) is 143 Å². The molecule has 2 atom stereocenters. The van der Waals surface area contributed by atoms with E-state index in [1.54, 1.807) is 0 Å². The monoisotopic (exact) mass is 1290 g/mol. The van der Waals surface area contributed by atoms with Gasteiger partial charge in [-0.15, -0.1) is 0 Å². The zero-order valence-electron chi connectivity index (χ0n) is 37.0. The number of benzene rings is 4. The van der Waals surface area contributed by atoms with Gasteiger partial charge in [0.1, 0.15) is 25.5 Å². The fourth-order valence-corrected chi connectivity index (χ4v) is 8.66. The quantitative estimate of drug-likeness (QED) is 0.0464. The maximum Gasteiger partial charge on any atom is 0.374 e. The molecule has 2 aromatic heterocycles. The van der Waals surface area contributed by atoms with E-state index in [1.165, 1.54) is 54.6 Å². The number of fused-ring (bicyclic) bond motifs is 4. The van der Waals surface area contributed by atoms with E-state index in [1.807, 2.05) is 50.5 Å². The summed E-state index contributed by atoms with van der Waals surface area (Å²) in [7, 11) is 12.5. The molecule has 0 bridgehead atoms. The van der Waals surface area contributed by atoms with Gasteiger partial charge in [-0.25, -0.2) is 9.80 Å². The second kappa shape index (κ2) is 24.2. The SMILES string of the molecule is C[N+](C)=C(C=Cc1oc2ccccc2[n+]1C)N1C=CC(CCCCCCCC2C=CN(C(C=Cc3oc4ccccc4[n+]3C)=[N+](C)C)c3ccccc32)c2ccccc21.[I-].[I-].[I-].[I-]. The van der Waals surface area contributed by atoms with Crippen LogP contribution >= 0.6 is 0 Å². The molecule has 0 aliphatic carbocycles. The Hall–Kier alpha value is -3.36. The van der Waals surface area contributed by atoms with Gasteiger partial charge in [-0.2, -0.15) is 9.13 Å². The molecule has 4 heterocycles. The number of aromatic nitrogens is 2. The van der Waals surface area contributed by atoms with Crippen LogP contribution in [0.1, 0.15) is 79.7 Å². The summed E-state index contributed by atoms with van der Waals surface area (Å²) in [5.41, 5.74) is 9.21. The van der Waals surface area contributed by atoms with E-state index in [4.69, 9.17) is 8.83 Å². The summed E-state index contributed by atoms with van der Waals surface area (Å²) >= 11 is 0. The van der Waals surface area contributed by atoms with E-state index in [0.29, 0.717) is 11.8 Å². The maximum atomic E-state index is 6.17. The van der Waals surface area contributed by atoms with E-state index >= 15 is 0 Å². The summed E-state index contributed by atoms with van der Waals surface area (Å²) in [6.45, 7) is 0. The Balaban J connectivity index is 0.00000218. The van der Waals surface area contributed by atoms with Gasteiger partial charge >= 0.3 is 11.8 Å². The fraction of sp³-hybridized carbons (Fsp3) is 0.294. The third-order valence-corrected chi connectivity index (χ3v) is 11.9. The van der Waals surface area contributed by atoms with E-state index in [0.717, 1.165) is 58.5 Å². The van der Waals surface area contributed by atoms with Crippen LogP contribution in [-0.2, 0) is 14.1 Å². The highest BCUT2D eigenvalue weighted by Crippen LogP contribution is 2.38. The second-order valence-electron chi connectivity index (χ2n) is 16.2. The lowest BCUT2D eigenvalue weighted by molar-refractivity contribution is -0.652. The Morgan fingerprint density at radius 1 is 0.524 bits per heavy atom. The molecule has 2 aliphatic heterocycles. The predicted octanol–water partition coefficient (Wildman–Crippen LogP) is -2.12. The minimum absolute atomic E-state index is 0. The number of halogens is 4. The average molecular weight is 1290 g/mol. The summed E-state index contributed by atoms with van der Waals surface area (Å²) in [4.78, 5) is 4.61. The van der Waals surface area contributed by atoms with Gasteiger partial charge in [-0.3, -0.25) is 9.15 Å². The lowest BCUT2D eigenvalue weighted by atomic mass is 9.88. The molecular formula is C51H58I4N6O2. The van der Waals surface area contributed by atoms with Gasteiger partial charge in [-0.1, -0.05) is 92.8 Å². The van der Waals surface area contributed by atoms with Crippen molar-refractivity contribution in [3.05, 3.63) is 157 Å². The molecule has 63 heavy (non-hydrogen) atoms. The molecule has 332 valence electrons. The molecule has 8 nitrogen and oxygen atoms in total. The van der Waals surface area contributed by atoms with E-state index in [9.17, 15) is 0 Å². The number of rotatable bonds is 12. The van der Waals surface area contributed by atoms with Gasteiger partial charge in [0, 0.05) is 47.2 Å². The van der Waals surface area contributed by atoms with Crippen LogP contribution in [0.4, 0.5) is 11.4 Å². The third kappa shape index (κ3) is 11.7. The number of allylic oxidation sites excluding steroid dienone is 2. The lowest BCUT2D eigenvalue weighted by Gasteiger charge is -2.26. The van der Waals surface area contributed by atoms with Crippen LogP contribution in [0.2, 0.25) is 0 Å². The van der Waals surface area contributed by atoms with Crippen LogP contribution < -0.4 is 115 Å². The molecule has 8 rings (SSSR count). The predicted molar refractivity (Wildman–Crippen MR) is 241 cm³/mol. The molecule has 0 N–H and O–H groups in total. The minimum Gasteiger partial charge on any atom is -1.00 e. The molecule has 0 spiro atoms. The van der Waals surface area contributed by atoms with Crippen LogP contribution in [0.5, 0.6) is 0 Å². The topological polar surface area (TPSA) is 46.5 Å². The normalized spacial score (nSPS) is 15.1.